The Morgan fingerprint density at radius 3 is 2.65 bits per heavy atom. The molecule has 0 fully saturated rings. The predicted octanol–water partition coefficient (Wildman–Crippen LogP) is 2.79. The number of aromatic nitrogens is 2. The Hall–Kier alpha value is -2.74. The Labute approximate surface area is 154 Å². The average Bonchev–Trinajstić information content (AvgIpc) is 3.17. The summed E-state index contributed by atoms with van der Waals surface area (Å²) in [6.45, 7) is 5.83. The summed E-state index contributed by atoms with van der Waals surface area (Å²) in [4.78, 5) is 25.6. The van der Waals surface area contributed by atoms with Crippen molar-refractivity contribution in [2.75, 3.05) is 6.54 Å². The van der Waals surface area contributed by atoms with Crippen LogP contribution >= 0.6 is 11.3 Å². The highest BCUT2D eigenvalue weighted by Gasteiger charge is 2.20. The maximum Gasteiger partial charge on any atom is 0.262 e. The highest BCUT2D eigenvalue weighted by atomic mass is 32.1. The lowest BCUT2D eigenvalue weighted by Crippen LogP contribution is -2.44. The number of hydrogen-bond donors (Lipinski definition) is 2. The molecule has 0 aliphatic heterocycles. The van der Waals surface area contributed by atoms with E-state index in [0.29, 0.717) is 17.1 Å². The average molecular weight is 374 g/mol. The molecule has 0 bridgehead atoms. The van der Waals surface area contributed by atoms with Crippen molar-refractivity contribution in [2.45, 2.75) is 26.8 Å². The number of benzene rings is 1. The van der Waals surface area contributed by atoms with Gasteiger partial charge in [-0.1, -0.05) is 0 Å². The fourth-order valence-corrected chi connectivity index (χ4v) is 3.66. The van der Waals surface area contributed by atoms with Crippen LogP contribution in [0.2, 0.25) is 0 Å². The topological polar surface area (TPSA) is 76.0 Å². The van der Waals surface area contributed by atoms with Crippen molar-refractivity contribution >= 4 is 33.4 Å². The molecule has 0 unspecified atom stereocenters. The van der Waals surface area contributed by atoms with E-state index in [1.165, 1.54) is 23.5 Å². The molecule has 136 valence electrons. The molecule has 2 heterocycles. The molecule has 2 amide bonds. The van der Waals surface area contributed by atoms with Crippen LogP contribution in [0.1, 0.15) is 29.2 Å². The number of carbonyl (C=O) groups is 2. The van der Waals surface area contributed by atoms with E-state index in [2.05, 4.69) is 15.7 Å². The Balaban J connectivity index is 1.90. The molecule has 1 atom stereocenters. The molecule has 0 aliphatic carbocycles. The van der Waals surface area contributed by atoms with Gasteiger partial charge in [-0.25, -0.2) is 9.07 Å². The van der Waals surface area contributed by atoms with Crippen molar-refractivity contribution in [1.82, 2.24) is 20.4 Å². The molecule has 3 aromatic rings. The molecule has 1 aromatic carbocycles. The molecule has 0 aliphatic rings. The van der Waals surface area contributed by atoms with Gasteiger partial charge in [-0.15, -0.1) is 11.3 Å². The second-order valence-corrected chi connectivity index (χ2v) is 6.92. The van der Waals surface area contributed by atoms with Gasteiger partial charge in [0, 0.05) is 11.9 Å². The fraction of sp³-hybridized carbons (Fsp3) is 0.278. The van der Waals surface area contributed by atoms with Crippen molar-refractivity contribution in [2.24, 2.45) is 0 Å². The lowest BCUT2D eigenvalue weighted by atomic mass is 10.2. The van der Waals surface area contributed by atoms with Gasteiger partial charge >= 0.3 is 0 Å². The Kier molecular flexibility index (Phi) is 5.03. The van der Waals surface area contributed by atoms with E-state index in [4.69, 9.17) is 0 Å². The number of rotatable bonds is 5. The van der Waals surface area contributed by atoms with Gasteiger partial charge in [0.1, 0.15) is 16.7 Å². The minimum absolute atomic E-state index is 0.226. The maximum absolute atomic E-state index is 13.2. The van der Waals surface area contributed by atoms with Gasteiger partial charge in [0.15, 0.2) is 0 Å². The van der Waals surface area contributed by atoms with Crippen molar-refractivity contribution in [3.8, 4) is 5.69 Å². The van der Waals surface area contributed by atoms with Crippen molar-refractivity contribution in [3.63, 3.8) is 0 Å². The zero-order valence-electron chi connectivity index (χ0n) is 14.7. The standard InChI is InChI=1S/C18H19FN4O2S/c1-4-20-16(24)11(3)21-17(25)15-9-14-10(2)22-23(18(14)26-15)13-7-5-12(19)6-8-13/h5-9,11H,4H2,1-3H3,(H,20,24)(H,21,25)/t11-/m1/s1. The first-order valence-corrected chi connectivity index (χ1v) is 9.06. The first-order chi connectivity index (χ1) is 12.4. The van der Waals surface area contributed by atoms with E-state index in [-0.39, 0.29) is 17.6 Å². The molecule has 0 spiro atoms. The SMILES string of the molecule is CCNC(=O)[C@@H](C)NC(=O)c1cc2c(C)nn(-c3ccc(F)cc3)c2s1. The van der Waals surface area contributed by atoms with Gasteiger partial charge in [0.25, 0.3) is 5.91 Å². The predicted molar refractivity (Wildman–Crippen MR) is 99.3 cm³/mol. The zero-order valence-corrected chi connectivity index (χ0v) is 15.5. The Morgan fingerprint density at radius 1 is 1.31 bits per heavy atom. The van der Waals surface area contributed by atoms with Crippen LogP contribution in [0.15, 0.2) is 30.3 Å². The normalized spacial score (nSPS) is 12.2. The van der Waals surface area contributed by atoms with E-state index < -0.39 is 6.04 Å². The number of likely N-dealkylation sites (N-methyl/N-ethyl adjacent to an activating group) is 1. The molecular weight excluding hydrogens is 355 g/mol. The van der Waals surface area contributed by atoms with Gasteiger partial charge in [0.2, 0.25) is 5.91 Å². The van der Waals surface area contributed by atoms with Crippen molar-refractivity contribution in [1.29, 1.82) is 0 Å². The van der Waals surface area contributed by atoms with Gasteiger partial charge in [0.05, 0.1) is 16.3 Å². The molecule has 0 saturated heterocycles. The molecule has 2 N–H and O–H groups in total. The number of amides is 2. The quantitative estimate of drug-likeness (QED) is 0.721. The van der Waals surface area contributed by atoms with E-state index in [1.54, 1.807) is 29.8 Å². The molecule has 3 rings (SSSR count). The second kappa shape index (κ2) is 7.25. The number of halogens is 1. The first kappa shape index (κ1) is 18.1. The number of nitrogens with one attached hydrogen (secondary N) is 2. The zero-order chi connectivity index (χ0) is 18.8. The molecule has 8 heteroatoms. The second-order valence-electron chi connectivity index (χ2n) is 5.89. The van der Waals surface area contributed by atoms with Crippen LogP contribution in [0.25, 0.3) is 15.9 Å². The summed E-state index contributed by atoms with van der Waals surface area (Å²) < 4.78 is 14.9. The van der Waals surface area contributed by atoms with Gasteiger partial charge in [-0.05, 0) is 51.1 Å². The number of hydrogen-bond acceptors (Lipinski definition) is 4. The number of nitrogens with zero attached hydrogens (tertiary/aromatic N) is 2. The minimum atomic E-state index is -0.623. The smallest absolute Gasteiger partial charge is 0.262 e. The highest BCUT2D eigenvalue weighted by Crippen LogP contribution is 2.30. The van der Waals surface area contributed by atoms with Gasteiger partial charge in [-0.3, -0.25) is 9.59 Å². The Bertz CT molecular complexity index is 962. The molecule has 26 heavy (non-hydrogen) atoms. The van der Waals surface area contributed by atoms with Crippen molar-refractivity contribution in [3.05, 3.63) is 46.7 Å². The summed E-state index contributed by atoms with van der Waals surface area (Å²) in [5.41, 5.74) is 1.49. The van der Waals surface area contributed by atoms with Crippen LogP contribution in [-0.4, -0.2) is 34.2 Å². The van der Waals surface area contributed by atoms with E-state index in [0.717, 1.165) is 15.9 Å². The third-order valence-electron chi connectivity index (χ3n) is 3.93. The number of fused-ring (bicyclic) bond motifs is 1. The Morgan fingerprint density at radius 2 is 2.00 bits per heavy atom. The molecule has 0 saturated carbocycles. The van der Waals surface area contributed by atoms with Crippen LogP contribution in [0, 0.1) is 12.7 Å². The van der Waals surface area contributed by atoms with Crippen LogP contribution < -0.4 is 10.6 Å². The van der Waals surface area contributed by atoms with E-state index in [9.17, 15) is 14.0 Å². The van der Waals surface area contributed by atoms with Crippen LogP contribution in [0.3, 0.4) is 0 Å². The molecule has 2 aromatic heterocycles. The van der Waals surface area contributed by atoms with Crippen LogP contribution in [-0.2, 0) is 4.79 Å². The molecule has 6 nitrogen and oxygen atoms in total. The van der Waals surface area contributed by atoms with Gasteiger partial charge < -0.3 is 10.6 Å². The summed E-state index contributed by atoms with van der Waals surface area (Å²) in [5.74, 6) is -0.856. The summed E-state index contributed by atoms with van der Waals surface area (Å²) in [6, 6.07) is 7.15. The lowest BCUT2D eigenvalue weighted by molar-refractivity contribution is -0.122. The monoisotopic (exact) mass is 374 g/mol. The van der Waals surface area contributed by atoms with Gasteiger partial charge in [-0.2, -0.15) is 5.10 Å². The van der Waals surface area contributed by atoms with Crippen LogP contribution in [0.4, 0.5) is 4.39 Å². The lowest BCUT2D eigenvalue weighted by Gasteiger charge is -2.12. The maximum atomic E-state index is 13.2. The largest absolute Gasteiger partial charge is 0.355 e. The van der Waals surface area contributed by atoms with Crippen LogP contribution in [0.5, 0.6) is 0 Å². The molecular formula is C18H19FN4O2S. The fourth-order valence-electron chi connectivity index (χ4n) is 2.58. The summed E-state index contributed by atoms with van der Waals surface area (Å²) in [6.07, 6.45) is 0. The summed E-state index contributed by atoms with van der Waals surface area (Å²) in [5, 5.41) is 10.7. The highest BCUT2D eigenvalue weighted by molar-refractivity contribution is 7.20. The van der Waals surface area contributed by atoms with Crippen molar-refractivity contribution < 1.29 is 14.0 Å². The molecule has 0 radical (unpaired) electrons. The number of thiophene rings is 1. The van der Waals surface area contributed by atoms with E-state index in [1.807, 2.05) is 13.8 Å². The minimum Gasteiger partial charge on any atom is -0.355 e. The van der Waals surface area contributed by atoms with E-state index >= 15 is 0 Å². The number of carbonyl (C=O) groups excluding carboxylic acids is 2. The first-order valence-electron chi connectivity index (χ1n) is 8.24. The summed E-state index contributed by atoms with van der Waals surface area (Å²) in [7, 11) is 0. The third kappa shape index (κ3) is 3.45. The third-order valence-corrected chi connectivity index (χ3v) is 5.04. The summed E-state index contributed by atoms with van der Waals surface area (Å²) >= 11 is 1.28. The number of aryl methyl sites for hydroxylation is 1.